The third-order valence-corrected chi connectivity index (χ3v) is 5.84. The normalized spacial score (nSPS) is 10.6. The smallest absolute Gasteiger partial charge is 0.872 e. The number of unbranched alkanes of at least 4 members (excludes halogenated alkanes) is 6. The second-order valence-electron chi connectivity index (χ2n) is 9.98. The average molecular weight is 576 g/mol. The molecule has 0 bridgehead atoms. The third kappa shape index (κ3) is 19.6. The Morgan fingerprint density at radius 3 is 1.09 bits per heavy atom. The monoisotopic (exact) mass is 576 g/mol. The van der Waals surface area contributed by atoms with Crippen molar-refractivity contribution in [1.29, 1.82) is 0 Å². The molecule has 0 aliphatic heterocycles. The van der Waals surface area contributed by atoms with Crippen molar-refractivity contribution in [2.24, 2.45) is 11.8 Å². The predicted octanol–water partition coefficient (Wildman–Crippen LogP) is 7.44. The fourth-order valence-electron chi connectivity index (χ4n) is 3.78. The molecule has 0 spiro atoms. The fourth-order valence-corrected chi connectivity index (χ4v) is 3.78. The summed E-state index contributed by atoms with van der Waals surface area (Å²) in [6, 6.07) is 14.5. The molecule has 0 saturated heterocycles. The van der Waals surface area contributed by atoms with Gasteiger partial charge in [-0.15, -0.1) is 11.5 Å². The van der Waals surface area contributed by atoms with Crippen molar-refractivity contribution in [1.82, 2.24) is 0 Å². The maximum absolute atomic E-state index is 10.9. The van der Waals surface area contributed by atoms with Crippen LogP contribution in [0.5, 0.6) is 11.5 Å². The van der Waals surface area contributed by atoms with Gasteiger partial charge in [0.25, 0.3) is 0 Å². The molecule has 0 saturated carbocycles. The summed E-state index contributed by atoms with van der Waals surface area (Å²) >= 11 is 0. The van der Waals surface area contributed by atoms with Gasteiger partial charge in [0, 0.05) is 0 Å². The first-order chi connectivity index (χ1) is 15.4. The van der Waals surface area contributed by atoms with Gasteiger partial charge >= 0.3 is 48.9 Å². The van der Waals surface area contributed by atoms with E-state index >= 15 is 0 Å². The van der Waals surface area contributed by atoms with Gasteiger partial charge in [0.05, 0.1) is 0 Å². The minimum atomic E-state index is 0. The molecule has 0 N–H and O–H groups in total. The fraction of sp³-hybridized carbons (Fsp3) is 0.600. The van der Waals surface area contributed by atoms with E-state index in [0.717, 1.165) is 24.7 Å². The standard InChI is InChI=1S/2C15H24O.Ba/c2*1-13(2)7-5-3-4-6-8-14-9-11-15(16)12-10-14;/h2*9-13,16H,3-8H2,1-2H3;/q;;+2/p-2. The van der Waals surface area contributed by atoms with Crippen LogP contribution in [0.3, 0.4) is 0 Å². The Hall–Kier alpha value is -0.389. The van der Waals surface area contributed by atoms with Gasteiger partial charge < -0.3 is 10.2 Å². The summed E-state index contributed by atoms with van der Waals surface area (Å²) < 4.78 is 0. The summed E-state index contributed by atoms with van der Waals surface area (Å²) in [5.74, 6) is 1.90. The summed E-state index contributed by atoms with van der Waals surface area (Å²) in [5, 5.41) is 21.8. The molecule has 0 aromatic heterocycles. The van der Waals surface area contributed by atoms with Crippen LogP contribution >= 0.6 is 0 Å². The first kappa shape index (κ1) is 32.6. The van der Waals surface area contributed by atoms with Crippen LogP contribution in [0, 0.1) is 11.8 Å². The van der Waals surface area contributed by atoms with Crippen molar-refractivity contribution in [2.45, 2.75) is 105 Å². The molecule has 0 fully saturated rings. The van der Waals surface area contributed by atoms with E-state index in [4.69, 9.17) is 0 Å². The van der Waals surface area contributed by atoms with E-state index in [1.807, 2.05) is 24.3 Å². The SMILES string of the molecule is CC(C)CCCCCCc1ccc([O-])cc1.CC(C)CCCCCCc1ccc([O-])cc1.[Ba+2]. The van der Waals surface area contributed by atoms with E-state index in [-0.39, 0.29) is 60.4 Å². The van der Waals surface area contributed by atoms with Crippen LogP contribution in [-0.2, 0) is 12.8 Å². The molecule has 0 aliphatic rings. The summed E-state index contributed by atoms with van der Waals surface area (Å²) in [5.41, 5.74) is 2.59. The Morgan fingerprint density at radius 2 is 0.788 bits per heavy atom. The second-order valence-corrected chi connectivity index (χ2v) is 9.98. The molecule has 2 aromatic rings. The maximum atomic E-state index is 10.9. The molecule has 0 atom stereocenters. The topological polar surface area (TPSA) is 46.1 Å². The zero-order chi connectivity index (χ0) is 23.6. The van der Waals surface area contributed by atoms with Gasteiger partial charge in [-0.1, -0.05) is 128 Å². The van der Waals surface area contributed by atoms with Gasteiger partial charge in [-0.25, -0.2) is 0 Å². The van der Waals surface area contributed by atoms with Crippen LogP contribution < -0.4 is 10.2 Å². The molecule has 2 rings (SSSR count). The number of benzene rings is 2. The number of aryl methyl sites for hydroxylation is 2. The summed E-state index contributed by atoms with van der Waals surface area (Å²) in [6.45, 7) is 9.13. The number of hydrogen-bond donors (Lipinski definition) is 0. The average Bonchev–Trinajstić information content (AvgIpc) is 2.76. The molecule has 0 heterocycles. The first-order valence-corrected chi connectivity index (χ1v) is 12.9. The van der Waals surface area contributed by atoms with Crippen LogP contribution in [0.25, 0.3) is 0 Å². The molecule has 0 radical (unpaired) electrons. The first-order valence-electron chi connectivity index (χ1n) is 12.9. The van der Waals surface area contributed by atoms with E-state index in [1.165, 1.54) is 75.3 Å². The predicted molar refractivity (Wildman–Crippen MR) is 141 cm³/mol. The zero-order valence-electron chi connectivity index (χ0n) is 21.8. The van der Waals surface area contributed by atoms with E-state index < -0.39 is 0 Å². The molecule has 2 nitrogen and oxygen atoms in total. The van der Waals surface area contributed by atoms with E-state index in [2.05, 4.69) is 27.7 Å². The van der Waals surface area contributed by atoms with Gasteiger partial charge in [0.15, 0.2) is 0 Å². The summed E-state index contributed by atoms with van der Waals surface area (Å²) in [6.07, 6.45) is 15.5. The van der Waals surface area contributed by atoms with Crippen molar-refractivity contribution >= 4 is 48.9 Å². The van der Waals surface area contributed by atoms with Crippen molar-refractivity contribution in [3.63, 3.8) is 0 Å². The summed E-state index contributed by atoms with van der Waals surface area (Å²) in [7, 11) is 0. The molecular formula is C30H46BaO2. The van der Waals surface area contributed by atoms with Crippen LogP contribution in [0.1, 0.15) is 103 Å². The van der Waals surface area contributed by atoms with Gasteiger partial charge in [0.1, 0.15) is 0 Å². The maximum Gasteiger partial charge on any atom is 2.00 e. The van der Waals surface area contributed by atoms with Crippen molar-refractivity contribution in [2.75, 3.05) is 0 Å². The van der Waals surface area contributed by atoms with Crippen molar-refractivity contribution in [3.8, 4) is 11.5 Å². The zero-order valence-corrected chi connectivity index (χ0v) is 26.2. The minimum Gasteiger partial charge on any atom is -0.872 e. The molecule has 2 aromatic carbocycles. The molecule has 0 amide bonds. The van der Waals surface area contributed by atoms with E-state index in [9.17, 15) is 10.2 Å². The van der Waals surface area contributed by atoms with E-state index in [0.29, 0.717) is 0 Å². The molecule has 0 aliphatic carbocycles. The van der Waals surface area contributed by atoms with E-state index in [1.54, 1.807) is 24.3 Å². The van der Waals surface area contributed by atoms with Crippen molar-refractivity contribution < 1.29 is 10.2 Å². The molecular weight excluding hydrogens is 530 g/mol. The Balaban J connectivity index is 0.000000602. The molecule has 3 heteroatoms. The molecule has 33 heavy (non-hydrogen) atoms. The van der Waals surface area contributed by atoms with Gasteiger partial charge in [-0.3, -0.25) is 0 Å². The Labute approximate surface area is 244 Å². The van der Waals surface area contributed by atoms with Crippen LogP contribution in [0.2, 0.25) is 0 Å². The molecule has 0 unspecified atom stereocenters. The van der Waals surface area contributed by atoms with Crippen molar-refractivity contribution in [3.05, 3.63) is 59.7 Å². The van der Waals surface area contributed by atoms with Crippen LogP contribution in [0.15, 0.2) is 48.5 Å². The molecule has 180 valence electrons. The van der Waals surface area contributed by atoms with Gasteiger partial charge in [-0.05, 0) is 48.6 Å². The largest absolute Gasteiger partial charge is 2.00 e. The minimum absolute atomic E-state index is 0. The van der Waals surface area contributed by atoms with Gasteiger partial charge in [-0.2, -0.15) is 0 Å². The number of hydrogen-bond acceptors (Lipinski definition) is 2. The second kappa shape index (κ2) is 20.9. The Morgan fingerprint density at radius 1 is 0.485 bits per heavy atom. The van der Waals surface area contributed by atoms with Crippen LogP contribution in [0.4, 0.5) is 0 Å². The van der Waals surface area contributed by atoms with Crippen LogP contribution in [-0.4, -0.2) is 48.9 Å². The summed E-state index contributed by atoms with van der Waals surface area (Å²) in [4.78, 5) is 0. The third-order valence-electron chi connectivity index (χ3n) is 5.84. The Kier molecular flexibility index (Phi) is 20.7. The Bertz CT molecular complexity index is 616. The van der Waals surface area contributed by atoms with Gasteiger partial charge in [0.2, 0.25) is 0 Å². The number of rotatable bonds is 14. The quantitative estimate of drug-likeness (QED) is 0.174.